The Morgan fingerprint density at radius 1 is 2.00 bits per heavy atom. The van der Waals surface area contributed by atoms with Crippen molar-refractivity contribution in [2.24, 2.45) is 4.99 Å². The van der Waals surface area contributed by atoms with Gasteiger partial charge in [-0.05, 0) is 6.92 Å². The molecule has 0 radical (unpaired) electrons. The predicted octanol–water partition coefficient (Wildman–Crippen LogP) is 0.0539. The summed E-state index contributed by atoms with van der Waals surface area (Å²) in [7, 11) is 0. The molecule has 1 N–H and O–H groups in total. The van der Waals surface area contributed by atoms with Crippen LogP contribution in [-0.2, 0) is 4.79 Å². The van der Waals surface area contributed by atoms with Crippen LogP contribution < -0.4 is 0 Å². The van der Waals surface area contributed by atoms with E-state index in [1.165, 1.54) is 6.92 Å². The summed E-state index contributed by atoms with van der Waals surface area (Å²) < 4.78 is 0. The van der Waals surface area contributed by atoms with Gasteiger partial charge in [0.2, 0.25) is 0 Å². The maximum Gasteiger partial charge on any atom is 0.346 e. The number of aliphatic imine (C=N–C) groups is 1. The molecule has 0 spiro atoms. The third-order valence-electron chi connectivity index (χ3n) is 0.595. The van der Waals surface area contributed by atoms with Gasteiger partial charge in [0.15, 0.2) is 0 Å². The molecule has 0 fully saturated rings. The highest BCUT2D eigenvalue weighted by atomic mass is 16.4. The Kier molecular flexibility index (Phi) is 3.06. The van der Waals surface area contributed by atoms with Crippen LogP contribution >= 0.6 is 0 Å². The minimum absolute atomic E-state index is 0.568. The third-order valence-corrected chi connectivity index (χ3v) is 0.595. The minimum atomic E-state index is -1.13. The fourth-order valence-electron chi connectivity index (χ4n) is 0.209. The smallest absolute Gasteiger partial charge is 0.346 e. The van der Waals surface area contributed by atoms with Crippen LogP contribution in [0.5, 0.6) is 0 Å². The van der Waals surface area contributed by atoms with Gasteiger partial charge in [0.25, 0.3) is 0 Å². The third kappa shape index (κ3) is 4.48. The van der Waals surface area contributed by atoms with Crippen molar-refractivity contribution < 1.29 is 9.90 Å². The fraction of sp³-hybridized carbons (Fsp3) is 0.400. The van der Waals surface area contributed by atoms with E-state index < -0.39 is 12.0 Å². The van der Waals surface area contributed by atoms with Gasteiger partial charge in [-0.2, -0.15) is 5.26 Å². The van der Waals surface area contributed by atoms with Gasteiger partial charge in [-0.3, -0.25) is 4.99 Å². The molecule has 0 saturated heterocycles. The summed E-state index contributed by atoms with van der Waals surface area (Å²) in [5.41, 5.74) is 0. The largest absolute Gasteiger partial charge is 0.477 e. The van der Waals surface area contributed by atoms with Gasteiger partial charge >= 0.3 is 5.97 Å². The van der Waals surface area contributed by atoms with Crippen LogP contribution in [0.3, 0.4) is 0 Å². The van der Waals surface area contributed by atoms with E-state index in [0.29, 0.717) is 6.21 Å². The van der Waals surface area contributed by atoms with Gasteiger partial charge in [-0.1, -0.05) is 0 Å². The Morgan fingerprint density at radius 3 is 2.89 bits per heavy atom. The van der Waals surface area contributed by atoms with Crippen molar-refractivity contribution in [3.63, 3.8) is 0 Å². The molecule has 9 heavy (non-hydrogen) atoms. The molecule has 0 bridgehead atoms. The van der Waals surface area contributed by atoms with Crippen LogP contribution in [0.4, 0.5) is 0 Å². The molecular weight excluding hydrogens is 120 g/mol. The predicted molar refractivity (Wildman–Crippen MR) is 31.2 cm³/mol. The Labute approximate surface area is 52.4 Å². The van der Waals surface area contributed by atoms with Crippen LogP contribution in [0.25, 0.3) is 0 Å². The van der Waals surface area contributed by atoms with E-state index in [4.69, 9.17) is 10.4 Å². The maximum atomic E-state index is 9.76. The minimum Gasteiger partial charge on any atom is -0.477 e. The molecule has 0 saturated carbocycles. The van der Waals surface area contributed by atoms with E-state index in [0.717, 1.165) is 0 Å². The Bertz CT molecular complexity index is 168. The van der Waals surface area contributed by atoms with Gasteiger partial charge in [0.1, 0.15) is 12.3 Å². The molecule has 0 rings (SSSR count). The molecule has 1 atom stereocenters. The van der Waals surface area contributed by atoms with Crippen molar-refractivity contribution in [3.05, 3.63) is 0 Å². The second-order valence-electron chi connectivity index (χ2n) is 1.42. The number of rotatable bonds is 2. The molecule has 0 heterocycles. The number of hydrogen-bond acceptors (Lipinski definition) is 3. The zero-order chi connectivity index (χ0) is 7.28. The summed E-state index contributed by atoms with van der Waals surface area (Å²) in [4.78, 5) is 13.1. The van der Waals surface area contributed by atoms with E-state index in [-0.39, 0.29) is 0 Å². The van der Waals surface area contributed by atoms with Crippen molar-refractivity contribution >= 4 is 12.2 Å². The number of carboxylic acid groups (broad SMARTS) is 1. The molecule has 0 aromatic heterocycles. The number of aliphatic carboxylic acids is 1. The quantitative estimate of drug-likeness (QED) is 0.531. The molecular formula is C5H6N2O2. The van der Waals surface area contributed by atoms with Crippen molar-refractivity contribution in [2.45, 2.75) is 13.0 Å². The van der Waals surface area contributed by atoms with Crippen LogP contribution in [0.2, 0.25) is 0 Å². The molecule has 0 aliphatic heterocycles. The van der Waals surface area contributed by atoms with E-state index in [9.17, 15) is 4.79 Å². The van der Waals surface area contributed by atoms with E-state index in [1.54, 1.807) is 6.07 Å². The lowest BCUT2D eigenvalue weighted by molar-refractivity contribution is -0.128. The number of carboxylic acids is 1. The first kappa shape index (κ1) is 7.63. The molecule has 4 heteroatoms. The summed E-state index contributed by atoms with van der Waals surface area (Å²) >= 11 is 0. The lowest BCUT2D eigenvalue weighted by Gasteiger charge is -1.86. The molecule has 0 aromatic carbocycles. The molecule has 48 valence electrons. The first-order valence-corrected chi connectivity index (χ1v) is 2.32. The van der Waals surface area contributed by atoms with Crippen molar-refractivity contribution in [1.82, 2.24) is 0 Å². The summed E-state index contributed by atoms with van der Waals surface area (Å²) in [5, 5.41) is 16.1. The lowest BCUT2D eigenvalue weighted by atomic mass is 10.4. The first-order chi connectivity index (χ1) is 4.16. The average molecular weight is 126 g/mol. The summed E-state index contributed by atoms with van der Waals surface area (Å²) in [5.74, 6) is -1.13. The van der Waals surface area contributed by atoms with E-state index >= 15 is 0 Å². The Morgan fingerprint density at radius 2 is 2.56 bits per heavy atom. The highest BCUT2D eigenvalue weighted by Crippen LogP contribution is 1.81. The first-order valence-electron chi connectivity index (χ1n) is 2.32. The zero-order valence-corrected chi connectivity index (χ0v) is 4.90. The maximum absolute atomic E-state index is 9.76. The number of hydrogen-bond donors (Lipinski definition) is 1. The zero-order valence-electron chi connectivity index (χ0n) is 4.90. The van der Waals surface area contributed by atoms with Crippen molar-refractivity contribution in [1.29, 1.82) is 5.26 Å². The number of carbonyl (C=O) groups is 1. The number of nitrogens with zero attached hydrogens (tertiary/aromatic N) is 2. The second-order valence-corrected chi connectivity index (χ2v) is 1.42. The molecule has 4 nitrogen and oxygen atoms in total. The molecule has 0 amide bonds. The van der Waals surface area contributed by atoms with Gasteiger partial charge in [-0.25, -0.2) is 4.79 Å². The normalized spacial score (nSPS) is 12.9. The molecule has 0 aliphatic carbocycles. The highest BCUT2D eigenvalue weighted by molar-refractivity contribution is 6.22. The van der Waals surface area contributed by atoms with Gasteiger partial charge in [0, 0.05) is 0 Å². The summed E-state index contributed by atoms with van der Waals surface area (Å²) in [6, 6.07) is 1.19. The van der Waals surface area contributed by atoms with Crippen LogP contribution in [0, 0.1) is 11.3 Å². The van der Waals surface area contributed by atoms with Crippen LogP contribution in [0.15, 0.2) is 4.99 Å². The topological polar surface area (TPSA) is 73.5 Å². The second kappa shape index (κ2) is 3.61. The van der Waals surface area contributed by atoms with Gasteiger partial charge in [0.05, 0.1) is 6.07 Å². The van der Waals surface area contributed by atoms with Crippen LogP contribution in [-0.4, -0.2) is 23.3 Å². The molecule has 1 unspecified atom stereocenters. The monoisotopic (exact) mass is 126 g/mol. The average Bonchev–Trinajstić information content (AvgIpc) is 1.83. The SMILES string of the molecule is CC(C#N)N=CC(=O)O. The lowest BCUT2D eigenvalue weighted by Crippen LogP contribution is -2.00. The van der Waals surface area contributed by atoms with Gasteiger partial charge < -0.3 is 5.11 Å². The summed E-state index contributed by atoms with van der Waals surface area (Å²) in [6.07, 6.45) is 0.716. The summed E-state index contributed by atoms with van der Waals surface area (Å²) in [6.45, 7) is 1.51. The van der Waals surface area contributed by atoms with Crippen molar-refractivity contribution in [3.8, 4) is 6.07 Å². The highest BCUT2D eigenvalue weighted by Gasteiger charge is 1.92. The Hall–Kier alpha value is -1.37. The van der Waals surface area contributed by atoms with E-state index in [1.807, 2.05) is 0 Å². The Balaban J connectivity index is 3.74. The standard InChI is InChI=1S/C5H6N2O2/c1-4(2-6)7-3-5(8)9/h3-4H,1H3,(H,8,9). The number of nitriles is 1. The van der Waals surface area contributed by atoms with Gasteiger partial charge in [-0.15, -0.1) is 0 Å². The van der Waals surface area contributed by atoms with Crippen molar-refractivity contribution in [2.75, 3.05) is 0 Å². The van der Waals surface area contributed by atoms with Crippen LogP contribution in [0.1, 0.15) is 6.92 Å². The fourth-order valence-corrected chi connectivity index (χ4v) is 0.209. The van der Waals surface area contributed by atoms with E-state index in [2.05, 4.69) is 4.99 Å². The molecule has 0 aliphatic rings. The molecule has 0 aromatic rings.